The van der Waals surface area contributed by atoms with Crippen molar-refractivity contribution >= 4 is 35.2 Å². The zero-order valence-corrected chi connectivity index (χ0v) is 13.1. The number of rotatable bonds is 7. The zero-order valence-electron chi connectivity index (χ0n) is 11.5. The number of ether oxygens (including phenoxy) is 1. The fraction of sp³-hybridized carbons (Fsp3) is 0.429. The minimum absolute atomic E-state index is 0.0537. The molecule has 1 amide bonds. The Hall–Kier alpha value is -1.20. The van der Waals surface area contributed by atoms with Crippen LogP contribution in [0.1, 0.15) is 12.5 Å². The molecule has 0 aliphatic carbocycles. The van der Waals surface area contributed by atoms with Crippen molar-refractivity contribution in [2.24, 2.45) is 5.92 Å². The van der Waals surface area contributed by atoms with E-state index in [9.17, 15) is 9.59 Å². The number of hydrogen-bond acceptors (Lipinski definition) is 4. The van der Waals surface area contributed by atoms with E-state index in [2.05, 4.69) is 10.1 Å². The molecule has 0 aliphatic heterocycles. The third kappa shape index (κ3) is 6.30. The summed E-state index contributed by atoms with van der Waals surface area (Å²) in [5, 5.41) is 3.49. The number of carbonyl (C=O) groups excluding carboxylic acids is 2. The summed E-state index contributed by atoms with van der Waals surface area (Å²) in [5.41, 5.74) is 0.996. The number of esters is 1. The summed E-state index contributed by atoms with van der Waals surface area (Å²) in [6.07, 6.45) is 0. The molecule has 1 aromatic rings. The summed E-state index contributed by atoms with van der Waals surface area (Å²) >= 11 is 7.20. The molecule has 1 atom stereocenters. The third-order valence-electron chi connectivity index (χ3n) is 2.61. The van der Waals surface area contributed by atoms with E-state index in [1.54, 1.807) is 19.1 Å². The average Bonchev–Trinajstić information content (AvgIpc) is 2.45. The Morgan fingerprint density at radius 1 is 1.35 bits per heavy atom. The van der Waals surface area contributed by atoms with Gasteiger partial charge in [0.15, 0.2) is 0 Å². The number of halogens is 1. The smallest absolute Gasteiger partial charge is 0.309 e. The number of benzene rings is 1. The van der Waals surface area contributed by atoms with Gasteiger partial charge in [-0.2, -0.15) is 11.8 Å². The Morgan fingerprint density at radius 3 is 2.60 bits per heavy atom. The van der Waals surface area contributed by atoms with Crippen LogP contribution in [-0.2, 0) is 20.9 Å². The Labute approximate surface area is 128 Å². The lowest BCUT2D eigenvalue weighted by Gasteiger charge is -2.09. The van der Waals surface area contributed by atoms with Crippen LogP contribution in [0.3, 0.4) is 0 Å². The Balaban J connectivity index is 2.20. The molecule has 0 aliphatic rings. The summed E-state index contributed by atoms with van der Waals surface area (Å²) in [4.78, 5) is 22.8. The van der Waals surface area contributed by atoms with Crippen molar-refractivity contribution in [2.75, 3.05) is 18.6 Å². The largest absolute Gasteiger partial charge is 0.469 e. The molecule has 0 heterocycles. The van der Waals surface area contributed by atoms with Crippen molar-refractivity contribution < 1.29 is 14.3 Å². The van der Waals surface area contributed by atoms with E-state index < -0.39 is 0 Å². The van der Waals surface area contributed by atoms with Crippen LogP contribution in [0.4, 0.5) is 0 Å². The van der Waals surface area contributed by atoms with Gasteiger partial charge in [-0.15, -0.1) is 0 Å². The number of methoxy groups -OCH3 is 1. The summed E-state index contributed by atoms with van der Waals surface area (Å²) < 4.78 is 4.62. The molecule has 0 saturated carbocycles. The first kappa shape index (κ1) is 16.9. The predicted molar refractivity (Wildman–Crippen MR) is 81.8 cm³/mol. The van der Waals surface area contributed by atoms with Crippen molar-refractivity contribution in [1.82, 2.24) is 5.32 Å². The van der Waals surface area contributed by atoms with Crippen molar-refractivity contribution in [2.45, 2.75) is 13.5 Å². The van der Waals surface area contributed by atoms with Gasteiger partial charge in [-0.05, 0) is 17.7 Å². The maximum absolute atomic E-state index is 11.6. The summed E-state index contributed by atoms with van der Waals surface area (Å²) in [6.45, 7) is 2.26. The molecule has 0 fully saturated rings. The van der Waals surface area contributed by atoms with Crippen LogP contribution in [0.15, 0.2) is 24.3 Å². The maximum atomic E-state index is 11.6. The molecule has 6 heteroatoms. The number of hydrogen-bond donors (Lipinski definition) is 1. The monoisotopic (exact) mass is 315 g/mol. The minimum Gasteiger partial charge on any atom is -0.469 e. The number of nitrogens with one attached hydrogen (secondary N) is 1. The van der Waals surface area contributed by atoms with Crippen LogP contribution in [0.2, 0.25) is 5.02 Å². The van der Waals surface area contributed by atoms with Crippen molar-refractivity contribution in [1.29, 1.82) is 0 Å². The highest BCUT2D eigenvalue weighted by Crippen LogP contribution is 2.11. The summed E-state index contributed by atoms with van der Waals surface area (Å²) in [6, 6.07) is 7.32. The first-order chi connectivity index (χ1) is 9.52. The van der Waals surface area contributed by atoms with Crippen LogP contribution in [-0.4, -0.2) is 30.5 Å². The van der Waals surface area contributed by atoms with E-state index in [1.807, 2.05) is 12.1 Å². The number of thioether (sulfide) groups is 1. The molecule has 110 valence electrons. The van der Waals surface area contributed by atoms with Gasteiger partial charge < -0.3 is 10.1 Å². The standard InChI is InChI=1S/C14H18ClNO3S/c1-10(14(18)19-2)8-20-9-13(17)16-7-11-3-5-12(15)6-4-11/h3-6,10H,7-9H2,1-2H3,(H,16,17). The van der Waals surface area contributed by atoms with Crippen LogP contribution in [0, 0.1) is 5.92 Å². The Morgan fingerprint density at radius 2 is 2.00 bits per heavy atom. The third-order valence-corrected chi connectivity index (χ3v) is 4.06. The molecule has 20 heavy (non-hydrogen) atoms. The van der Waals surface area contributed by atoms with Crippen LogP contribution < -0.4 is 5.32 Å². The van der Waals surface area contributed by atoms with E-state index in [0.717, 1.165) is 5.56 Å². The fourth-order valence-corrected chi connectivity index (χ4v) is 2.47. The van der Waals surface area contributed by atoms with Gasteiger partial charge in [0.25, 0.3) is 0 Å². The van der Waals surface area contributed by atoms with E-state index >= 15 is 0 Å². The lowest BCUT2D eigenvalue weighted by Crippen LogP contribution is -2.25. The van der Waals surface area contributed by atoms with Gasteiger partial charge in [-0.1, -0.05) is 30.7 Å². The molecule has 0 bridgehead atoms. The molecule has 0 aromatic heterocycles. The lowest BCUT2D eigenvalue weighted by atomic mass is 10.2. The predicted octanol–water partition coefficient (Wildman–Crippen LogP) is 2.50. The van der Waals surface area contributed by atoms with E-state index in [4.69, 9.17) is 11.6 Å². The van der Waals surface area contributed by atoms with Gasteiger partial charge in [0.1, 0.15) is 0 Å². The van der Waals surface area contributed by atoms with Crippen molar-refractivity contribution in [3.63, 3.8) is 0 Å². The van der Waals surface area contributed by atoms with Crippen molar-refractivity contribution in [3.05, 3.63) is 34.9 Å². The van der Waals surface area contributed by atoms with Gasteiger partial charge in [0.2, 0.25) is 5.91 Å². The number of carbonyl (C=O) groups is 2. The molecular formula is C14H18ClNO3S. The summed E-state index contributed by atoms with van der Waals surface area (Å²) in [7, 11) is 1.36. The molecule has 1 unspecified atom stereocenters. The number of amides is 1. The normalized spacial score (nSPS) is 11.8. The van der Waals surface area contributed by atoms with Crippen molar-refractivity contribution in [3.8, 4) is 0 Å². The quantitative estimate of drug-likeness (QED) is 0.786. The highest BCUT2D eigenvalue weighted by molar-refractivity contribution is 7.99. The Bertz CT molecular complexity index is 450. The second kappa shape index (κ2) is 8.87. The first-order valence-corrected chi connectivity index (χ1v) is 7.73. The molecule has 1 N–H and O–H groups in total. The van der Waals surface area contributed by atoms with Gasteiger partial charge in [0.05, 0.1) is 18.8 Å². The van der Waals surface area contributed by atoms with Crippen LogP contribution in [0.25, 0.3) is 0 Å². The highest BCUT2D eigenvalue weighted by atomic mass is 35.5. The maximum Gasteiger partial charge on any atom is 0.309 e. The average molecular weight is 316 g/mol. The molecule has 4 nitrogen and oxygen atoms in total. The Kier molecular flexibility index (Phi) is 7.47. The van der Waals surface area contributed by atoms with Gasteiger partial charge in [0, 0.05) is 17.3 Å². The molecule has 0 radical (unpaired) electrons. The zero-order chi connectivity index (χ0) is 15.0. The van der Waals surface area contributed by atoms with E-state index in [-0.39, 0.29) is 17.8 Å². The summed E-state index contributed by atoms with van der Waals surface area (Å²) in [5.74, 6) is 0.394. The van der Waals surface area contributed by atoms with Gasteiger partial charge in [-0.25, -0.2) is 0 Å². The fourth-order valence-electron chi connectivity index (χ4n) is 1.45. The topological polar surface area (TPSA) is 55.4 Å². The van der Waals surface area contributed by atoms with Gasteiger partial charge >= 0.3 is 5.97 Å². The van der Waals surface area contributed by atoms with Gasteiger partial charge in [-0.3, -0.25) is 9.59 Å². The van der Waals surface area contributed by atoms with E-state index in [1.165, 1.54) is 18.9 Å². The SMILES string of the molecule is COC(=O)C(C)CSCC(=O)NCc1ccc(Cl)cc1. The molecule has 1 aromatic carbocycles. The molecule has 0 spiro atoms. The molecule has 1 rings (SSSR count). The highest BCUT2D eigenvalue weighted by Gasteiger charge is 2.13. The minimum atomic E-state index is -0.251. The first-order valence-electron chi connectivity index (χ1n) is 6.19. The molecule has 0 saturated heterocycles. The van der Waals surface area contributed by atoms with Crippen LogP contribution >= 0.6 is 23.4 Å². The second-order valence-corrected chi connectivity index (χ2v) is 5.81. The van der Waals surface area contributed by atoms with Crippen LogP contribution in [0.5, 0.6) is 0 Å². The van der Waals surface area contributed by atoms with E-state index in [0.29, 0.717) is 23.1 Å². The lowest BCUT2D eigenvalue weighted by molar-refractivity contribution is -0.144. The second-order valence-electron chi connectivity index (χ2n) is 4.34. The molecular weight excluding hydrogens is 298 g/mol.